The lowest BCUT2D eigenvalue weighted by Gasteiger charge is -2.47. The van der Waals surface area contributed by atoms with Gasteiger partial charge >= 0.3 is 0 Å². The summed E-state index contributed by atoms with van der Waals surface area (Å²) >= 11 is 4.74. The Morgan fingerprint density at radius 2 is 2.00 bits per heavy atom. The molecule has 3 unspecified atom stereocenters. The third-order valence-electron chi connectivity index (χ3n) is 6.16. The van der Waals surface area contributed by atoms with E-state index in [2.05, 4.69) is 18.7 Å². The van der Waals surface area contributed by atoms with Crippen LogP contribution in [0.3, 0.4) is 0 Å². The van der Waals surface area contributed by atoms with Crippen molar-refractivity contribution < 1.29 is 4.74 Å². The molecule has 0 aromatic heterocycles. The van der Waals surface area contributed by atoms with Crippen LogP contribution in [-0.2, 0) is 4.74 Å². The zero-order chi connectivity index (χ0) is 12.1. The topological polar surface area (TPSA) is 12.5 Å². The fourth-order valence-corrected chi connectivity index (χ4v) is 5.58. The molecule has 0 aromatic rings. The molecule has 3 rings (SSSR count). The van der Waals surface area contributed by atoms with Crippen LogP contribution in [0.15, 0.2) is 0 Å². The van der Waals surface area contributed by atoms with E-state index in [1.165, 1.54) is 19.3 Å². The van der Waals surface area contributed by atoms with Gasteiger partial charge in [0, 0.05) is 24.5 Å². The van der Waals surface area contributed by atoms with Gasteiger partial charge in [-0.2, -0.15) is 12.6 Å². The molecule has 0 amide bonds. The fourth-order valence-electron chi connectivity index (χ4n) is 4.80. The van der Waals surface area contributed by atoms with E-state index in [9.17, 15) is 0 Å². The Kier molecular flexibility index (Phi) is 3.00. The maximum atomic E-state index is 5.50. The van der Waals surface area contributed by atoms with E-state index in [4.69, 9.17) is 17.4 Å². The Morgan fingerprint density at radius 1 is 1.29 bits per heavy atom. The summed E-state index contributed by atoms with van der Waals surface area (Å²) in [5.41, 5.74) is 0.940. The maximum absolute atomic E-state index is 5.50. The monoisotopic (exact) mass is 255 g/mol. The molecule has 2 aliphatic carbocycles. The van der Waals surface area contributed by atoms with Crippen molar-refractivity contribution >= 4 is 12.6 Å². The smallest absolute Gasteiger partial charge is 0.0594 e. The van der Waals surface area contributed by atoms with Crippen LogP contribution in [0.2, 0.25) is 0 Å². The van der Waals surface area contributed by atoms with Crippen LogP contribution >= 0.6 is 12.6 Å². The molecule has 1 heterocycles. The molecule has 17 heavy (non-hydrogen) atoms. The van der Waals surface area contributed by atoms with E-state index in [0.29, 0.717) is 10.8 Å². The SMILES string of the molecule is CC1(C)C2CCC1(CS)C(N1CCOCC1)C2. The highest BCUT2D eigenvalue weighted by molar-refractivity contribution is 7.80. The first kappa shape index (κ1) is 12.3. The molecule has 0 spiro atoms. The number of ether oxygens (including phenoxy) is 1. The second kappa shape index (κ2) is 4.14. The number of hydrogen-bond acceptors (Lipinski definition) is 3. The van der Waals surface area contributed by atoms with E-state index in [1.54, 1.807) is 0 Å². The molecule has 1 aliphatic heterocycles. The van der Waals surface area contributed by atoms with Gasteiger partial charge in [-0.05, 0) is 36.3 Å². The van der Waals surface area contributed by atoms with Gasteiger partial charge in [-0.25, -0.2) is 0 Å². The molecule has 2 nitrogen and oxygen atoms in total. The molecule has 0 N–H and O–H groups in total. The zero-order valence-electron chi connectivity index (χ0n) is 11.1. The third-order valence-corrected chi connectivity index (χ3v) is 6.72. The molecular weight excluding hydrogens is 230 g/mol. The first-order chi connectivity index (χ1) is 8.12. The number of rotatable bonds is 2. The van der Waals surface area contributed by atoms with Crippen molar-refractivity contribution in [1.29, 1.82) is 0 Å². The van der Waals surface area contributed by atoms with Gasteiger partial charge in [0.1, 0.15) is 0 Å². The lowest BCUT2D eigenvalue weighted by Crippen LogP contribution is -2.53. The average Bonchev–Trinajstić information content (AvgIpc) is 2.74. The molecule has 98 valence electrons. The second-order valence-electron chi connectivity index (χ2n) is 6.67. The summed E-state index contributed by atoms with van der Waals surface area (Å²) in [6.07, 6.45) is 4.21. The van der Waals surface area contributed by atoms with Gasteiger partial charge in [0.2, 0.25) is 0 Å². The summed E-state index contributed by atoms with van der Waals surface area (Å²) in [5, 5.41) is 0. The second-order valence-corrected chi connectivity index (χ2v) is 6.99. The van der Waals surface area contributed by atoms with Crippen LogP contribution in [0.1, 0.15) is 33.1 Å². The predicted molar refractivity (Wildman–Crippen MR) is 73.6 cm³/mol. The fraction of sp³-hybridized carbons (Fsp3) is 1.00. The van der Waals surface area contributed by atoms with Gasteiger partial charge in [-0.1, -0.05) is 13.8 Å². The summed E-state index contributed by atoms with van der Waals surface area (Å²) in [6, 6.07) is 0.762. The lowest BCUT2D eigenvalue weighted by molar-refractivity contribution is -0.0249. The van der Waals surface area contributed by atoms with E-state index in [0.717, 1.165) is 44.0 Å². The van der Waals surface area contributed by atoms with Gasteiger partial charge in [0.25, 0.3) is 0 Å². The van der Waals surface area contributed by atoms with Gasteiger partial charge in [-0.15, -0.1) is 0 Å². The lowest BCUT2D eigenvalue weighted by atomic mass is 9.68. The van der Waals surface area contributed by atoms with E-state index >= 15 is 0 Å². The minimum absolute atomic E-state index is 0.456. The van der Waals surface area contributed by atoms with Gasteiger partial charge in [0.05, 0.1) is 13.2 Å². The number of hydrogen-bond donors (Lipinski definition) is 1. The zero-order valence-corrected chi connectivity index (χ0v) is 12.0. The van der Waals surface area contributed by atoms with Crippen molar-refractivity contribution in [2.45, 2.75) is 39.2 Å². The Hall–Kier alpha value is 0.270. The van der Waals surface area contributed by atoms with Crippen molar-refractivity contribution in [2.24, 2.45) is 16.7 Å². The molecule has 0 aromatic carbocycles. The Bertz CT molecular complexity index is 301. The van der Waals surface area contributed by atoms with E-state index < -0.39 is 0 Å². The summed E-state index contributed by atoms with van der Waals surface area (Å²) in [4.78, 5) is 2.70. The summed E-state index contributed by atoms with van der Waals surface area (Å²) in [7, 11) is 0. The molecular formula is C14H25NOS. The van der Waals surface area contributed by atoms with Gasteiger partial charge in [-0.3, -0.25) is 4.90 Å². The quantitative estimate of drug-likeness (QED) is 0.761. The molecule has 2 bridgehead atoms. The van der Waals surface area contributed by atoms with Crippen LogP contribution in [-0.4, -0.2) is 43.0 Å². The number of morpholine rings is 1. The number of fused-ring (bicyclic) bond motifs is 2. The predicted octanol–water partition coefficient (Wildman–Crippen LogP) is 2.44. The molecule has 3 heteroatoms. The Morgan fingerprint density at radius 3 is 2.59 bits per heavy atom. The highest BCUT2D eigenvalue weighted by Crippen LogP contribution is 2.67. The molecule has 2 saturated carbocycles. The molecule has 0 radical (unpaired) electrons. The number of thiol groups is 1. The van der Waals surface area contributed by atoms with Crippen LogP contribution < -0.4 is 0 Å². The third kappa shape index (κ3) is 1.55. The summed E-state index contributed by atoms with van der Waals surface area (Å²) in [5.74, 6) is 1.97. The van der Waals surface area contributed by atoms with Crippen LogP contribution in [0.5, 0.6) is 0 Å². The maximum Gasteiger partial charge on any atom is 0.0594 e. The average molecular weight is 255 g/mol. The minimum Gasteiger partial charge on any atom is -0.379 e. The summed E-state index contributed by atoms with van der Waals surface area (Å²) in [6.45, 7) is 9.07. The van der Waals surface area contributed by atoms with Crippen LogP contribution in [0.25, 0.3) is 0 Å². The van der Waals surface area contributed by atoms with Crippen molar-refractivity contribution in [2.75, 3.05) is 32.1 Å². The molecule has 1 saturated heterocycles. The highest BCUT2D eigenvalue weighted by Gasteiger charge is 2.64. The van der Waals surface area contributed by atoms with Gasteiger partial charge < -0.3 is 4.74 Å². The van der Waals surface area contributed by atoms with Crippen molar-refractivity contribution in [3.05, 3.63) is 0 Å². The first-order valence-corrected chi connectivity index (χ1v) is 7.68. The van der Waals surface area contributed by atoms with Crippen LogP contribution in [0.4, 0.5) is 0 Å². The largest absolute Gasteiger partial charge is 0.379 e. The normalized spacial score (nSPS) is 45.4. The Balaban J connectivity index is 1.87. The van der Waals surface area contributed by atoms with Gasteiger partial charge in [0.15, 0.2) is 0 Å². The number of nitrogens with zero attached hydrogens (tertiary/aromatic N) is 1. The summed E-state index contributed by atoms with van der Waals surface area (Å²) < 4.78 is 5.50. The van der Waals surface area contributed by atoms with Crippen molar-refractivity contribution in [3.8, 4) is 0 Å². The van der Waals surface area contributed by atoms with E-state index in [-0.39, 0.29) is 0 Å². The minimum atomic E-state index is 0.456. The standard InChI is InChI=1S/C14H25NOS/c1-13(2)11-3-4-14(13,10-17)12(9-11)15-5-7-16-8-6-15/h11-12,17H,3-10H2,1-2H3. The van der Waals surface area contributed by atoms with Crippen molar-refractivity contribution in [1.82, 2.24) is 4.90 Å². The first-order valence-electron chi connectivity index (χ1n) is 7.04. The van der Waals surface area contributed by atoms with E-state index in [1.807, 2.05) is 0 Å². The molecule has 3 aliphatic rings. The molecule has 3 fully saturated rings. The Labute approximate surface area is 110 Å². The highest BCUT2D eigenvalue weighted by atomic mass is 32.1. The van der Waals surface area contributed by atoms with Crippen molar-refractivity contribution in [3.63, 3.8) is 0 Å². The van der Waals surface area contributed by atoms with Crippen LogP contribution in [0, 0.1) is 16.7 Å². The molecule has 3 atom stereocenters.